The van der Waals surface area contributed by atoms with E-state index in [1.165, 1.54) is 102 Å². The zero-order chi connectivity index (χ0) is 29.0. The molecule has 0 saturated carbocycles. The number of hydrogen-bond donors (Lipinski definition) is 1. The van der Waals surface area contributed by atoms with Gasteiger partial charge in [-0.05, 0) is 89.3 Å². The smallest absolute Gasteiger partial charge is 0.243 e. The van der Waals surface area contributed by atoms with Gasteiger partial charge in [0.05, 0.1) is 6.04 Å². The number of hydrogen-bond acceptors (Lipinski definition) is 8. The molecule has 1 aromatic rings. The third-order valence-corrected chi connectivity index (χ3v) is 10.2. The second-order valence-corrected chi connectivity index (χ2v) is 13.4. The summed E-state index contributed by atoms with van der Waals surface area (Å²) in [4.78, 5) is 46.3. The van der Waals surface area contributed by atoms with Crippen LogP contribution in [0, 0.1) is 0 Å². The number of thioether (sulfide) groups is 1. The highest BCUT2D eigenvalue weighted by Gasteiger charge is 2.30. The Morgan fingerprint density at radius 2 is 1.66 bits per heavy atom. The number of carbonyl (C=O) groups excluding carboxylic acids is 3. The molecule has 0 radical (unpaired) electrons. The lowest BCUT2D eigenvalue weighted by Crippen LogP contribution is -2.52. The molecule has 3 fully saturated rings. The van der Waals surface area contributed by atoms with Crippen LogP contribution >= 0.6 is 11.8 Å². The second kappa shape index (κ2) is 16.8. The molecule has 3 heterocycles. The van der Waals surface area contributed by atoms with Gasteiger partial charge in [0.15, 0.2) is 0 Å². The molecule has 41 heavy (non-hydrogen) atoms. The first kappa shape index (κ1) is 32.1. The lowest BCUT2D eigenvalue weighted by molar-refractivity contribution is -0.137. The molecule has 4 rings (SSSR count). The third kappa shape index (κ3) is 10.2. The number of aldehydes is 1. The number of nitrogens with zero attached hydrogens (tertiary/aromatic N) is 4. The summed E-state index contributed by atoms with van der Waals surface area (Å²) >= 11 is 1.84. The molecule has 8 nitrogen and oxygen atoms in total. The number of likely N-dealkylation sites (N-methyl/N-ethyl adjacent to an activating group) is 2. The Morgan fingerprint density at radius 1 is 0.951 bits per heavy atom. The number of likely N-dealkylation sites (tertiary alicyclic amines) is 1. The fourth-order valence-electron chi connectivity index (χ4n) is 6.44. The quantitative estimate of drug-likeness (QED) is 0.144. The van der Waals surface area contributed by atoms with Crippen LogP contribution in [-0.2, 0) is 16.1 Å². The number of imide groups is 1. The van der Waals surface area contributed by atoms with E-state index in [0.717, 1.165) is 23.6 Å². The van der Waals surface area contributed by atoms with Crippen LogP contribution in [0.25, 0.3) is 0 Å². The summed E-state index contributed by atoms with van der Waals surface area (Å²) in [5, 5.41) is 2.42. The van der Waals surface area contributed by atoms with Crippen molar-refractivity contribution in [1.82, 2.24) is 24.9 Å². The Labute approximate surface area is 251 Å². The Hall–Kier alpha value is -1.78. The molecule has 3 aliphatic rings. The van der Waals surface area contributed by atoms with E-state index in [-0.39, 0.29) is 17.9 Å². The molecule has 0 aromatic heterocycles. The molecule has 1 aromatic carbocycles. The van der Waals surface area contributed by atoms with Crippen LogP contribution in [0.1, 0.15) is 80.1 Å². The minimum Gasteiger partial charge on any atom is -0.304 e. The summed E-state index contributed by atoms with van der Waals surface area (Å²) in [6.45, 7) is 9.26. The van der Waals surface area contributed by atoms with Crippen molar-refractivity contribution in [2.45, 2.75) is 87.7 Å². The normalized spacial score (nSPS) is 21.9. The van der Waals surface area contributed by atoms with Gasteiger partial charge in [-0.3, -0.25) is 29.5 Å². The monoisotopic (exact) mass is 585 g/mol. The van der Waals surface area contributed by atoms with Gasteiger partial charge in [0.25, 0.3) is 0 Å². The molecule has 3 saturated heterocycles. The van der Waals surface area contributed by atoms with Crippen LogP contribution in [0.2, 0.25) is 0 Å². The van der Waals surface area contributed by atoms with Crippen LogP contribution in [0.5, 0.6) is 0 Å². The summed E-state index contributed by atoms with van der Waals surface area (Å²) in [6.07, 6.45) is 12.2. The summed E-state index contributed by atoms with van der Waals surface area (Å²) in [5.41, 5.74) is 1.59. The molecule has 0 bridgehead atoms. The predicted octanol–water partition coefficient (Wildman–Crippen LogP) is 3.88. The average Bonchev–Trinajstić information content (AvgIpc) is 2.97. The Morgan fingerprint density at radius 3 is 2.37 bits per heavy atom. The van der Waals surface area contributed by atoms with Gasteiger partial charge in [-0.1, -0.05) is 31.7 Å². The number of rotatable bonds is 15. The highest BCUT2D eigenvalue weighted by atomic mass is 32.2. The summed E-state index contributed by atoms with van der Waals surface area (Å²) < 4.78 is 0. The van der Waals surface area contributed by atoms with E-state index in [1.54, 1.807) is 0 Å². The fraction of sp³-hybridized carbons (Fsp3) is 0.719. The van der Waals surface area contributed by atoms with Crippen molar-refractivity contribution in [3.63, 3.8) is 0 Å². The summed E-state index contributed by atoms with van der Waals surface area (Å²) in [7, 11) is 4.12. The molecule has 0 spiro atoms. The summed E-state index contributed by atoms with van der Waals surface area (Å²) in [6, 6.07) is 6.47. The number of nitrogens with one attached hydrogen (secondary N) is 1. The largest absolute Gasteiger partial charge is 0.304 e. The Balaban J connectivity index is 1.05. The first-order valence-electron chi connectivity index (χ1n) is 15.8. The lowest BCUT2D eigenvalue weighted by Gasteiger charge is -2.42. The molecule has 228 valence electrons. The molecule has 1 unspecified atom stereocenters. The number of piperazine rings is 1. The number of piperidine rings is 2. The second-order valence-electron chi connectivity index (χ2n) is 12.2. The molecule has 9 heteroatoms. The van der Waals surface area contributed by atoms with E-state index in [1.807, 2.05) is 35.8 Å². The van der Waals surface area contributed by atoms with Gasteiger partial charge in [-0.15, -0.1) is 11.8 Å². The lowest BCUT2D eigenvalue weighted by atomic mass is 10.0. The zero-order valence-electron chi connectivity index (χ0n) is 25.3. The van der Waals surface area contributed by atoms with Crippen LogP contribution in [0.3, 0.4) is 0 Å². The van der Waals surface area contributed by atoms with E-state index in [2.05, 4.69) is 33.1 Å². The van der Waals surface area contributed by atoms with E-state index >= 15 is 0 Å². The standard InChI is InChI=1S/C32H51N5O3S/c1-34-18-20-37(21-19-34)28-13-16-36(17-14-28)15-7-5-3-4-6-8-22-41-29-10-9-26(25-38)27(23-29)24-35(2)30-11-12-31(39)33-32(30)40/h9-10,23,25,28,30H,3-8,11-22,24H2,1-2H3,(H,33,39,40). The first-order chi connectivity index (χ1) is 19.9. The van der Waals surface area contributed by atoms with E-state index in [0.29, 0.717) is 24.9 Å². The van der Waals surface area contributed by atoms with Gasteiger partial charge < -0.3 is 9.80 Å². The van der Waals surface area contributed by atoms with Crippen molar-refractivity contribution in [2.75, 3.05) is 65.7 Å². The van der Waals surface area contributed by atoms with Gasteiger partial charge in [-0.25, -0.2) is 0 Å². The average molecular weight is 586 g/mol. The van der Waals surface area contributed by atoms with Gasteiger partial charge >= 0.3 is 0 Å². The third-order valence-electron chi connectivity index (χ3n) is 9.15. The molecule has 3 aliphatic heterocycles. The number of amides is 2. The molecule has 0 aliphatic carbocycles. The van der Waals surface area contributed by atoms with Crippen LogP contribution in [-0.4, -0.2) is 115 Å². The topological polar surface area (TPSA) is 76.2 Å². The van der Waals surface area contributed by atoms with Gasteiger partial charge in [0, 0.05) is 55.6 Å². The van der Waals surface area contributed by atoms with E-state index in [4.69, 9.17) is 0 Å². The van der Waals surface area contributed by atoms with Crippen molar-refractivity contribution in [3.05, 3.63) is 29.3 Å². The molecule has 1 N–H and O–H groups in total. The van der Waals surface area contributed by atoms with Crippen LogP contribution in [0.15, 0.2) is 23.1 Å². The van der Waals surface area contributed by atoms with Gasteiger partial charge in [0.2, 0.25) is 11.8 Å². The van der Waals surface area contributed by atoms with E-state index < -0.39 is 0 Å². The fourth-order valence-corrected chi connectivity index (χ4v) is 7.41. The van der Waals surface area contributed by atoms with Crippen molar-refractivity contribution < 1.29 is 14.4 Å². The molecule has 1 atom stereocenters. The number of carbonyl (C=O) groups is 3. The Bertz CT molecular complexity index is 992. The Kier molecular flexibility index (Phi) is 13.1. The minimum atomic E-state index is -0.345. The van der Waals surface area contributed by atoms with Crippen LogP contribution < -0.4 is 5.32 Å². The zero-order valence-corrected chi connectivity index (χ0v) is 26.1. The van der Waals surface area contributed by atoms with Crippen molar-refractivity contribution in [2.24, 2.45) is 0 Å². The maximum absolute atomic E-state index is 12.2. The van der Waals surface area contributed by atoms with Gasteiger partial charge in [-0.2, -0.15) is 0 Å². The van der Waals surface area contributed by atoms with E-state index in [9.17, 15) is 14.4 Å². The highest BCUT2D eigenvalue weighted by Crippen LogP contribution is 2.25. The molecule has 2 amide bonds. The van der Waals surface area contributed by atoms with Crippen molar-refractivity contribution in [1.29, 1.82) is 0 Å². The SMILES string of the molecule is CN1CCN(C2CCN(CCCCCCCCSc3ccc(C=O)c(CN(C)C4CCC(=O)NC4=O)c3)CC2)CC1. The van der Waals surface area contributed by atoms with Crippen LogP contribution in [0.4, 0.5) is 0 Å². The maximum atomic E-state index is 12.2. The predicted molar refractivity (Wildman–Crippen MR) is 166 cm³/mol. The highest BCUT2D eigenvalue weighted by molar-refractivity contribution is 7.99. The number of unbranched alkanes of at least 4 members (excludes halogenated alkanes) is 5. The molecular formula is C32H51N5O3S. The minimum absolute atomic E-state index is 0.209. The maximum Gasteiger partial charge on any atom is 0.243 e. The van der Waals surface area contributed by atoms with Crippen molar-refractivity contribution >= 4 is 29.9 Å². The number of benzene rings is 1. The summed E-state index contributed by atoms with van der Waals surface area (Å²) in [5.74, 6) is 0.618. The van der Waals surface area contributed by atoms with Crippen molar-refractivity contribution in [3.8, 4) is 0 Å². The molecular weight excluding hydrogens is 534 g/mol. The van der Waals surface area contributed by atoms with Gasteiger partial charge in [0.1, 0.15) is 6.29 Å². The first-order valence-corrected chi connectivity index (χ1v) is 16.8.